The Balaban J connectivity index is 1.71. The highest BCUT2D eigenvalue weighted by Gasteiger charge is 2.24. The first-order valence-corrected chi connectivity index (χ1v) is 5.44. The van der Waals surface area contributed by atoms with Gasteiger partial charge in [-0.25, -0.2) is 0 Å². The lowest BCUT2D eigenvalue weighted by Gasteiger charge is -2.26. The van der Waals surface area contributed by atoms with E-state index in [1.54, 1.807) is 0 Å². The summed E-state index contributed by atoms with van der Waals surface area (Å²) in [4.78, 5) is 0. The van der Waals surface area contributed by atoms with Gasteiger partial charge in [0.2, 0.25) is 0 Å². The van der Waals surface area contributed by atoms with Crippen molar-refractivity contribution in [3.05, 3.63) is 0 Å². The molecule has 3 atom stereocenters. The zero-order valence-corrected chi connectivity index (χ0v) is 8.17. The molecule has 13 heavy (non-hydrogen) atoms. The molecule has 0 aromatic rings. The number of hydrogen-bond acceptors (Lipinski definition) is 3. The van der Waals surface area contributed by atoms with Gasteiger partial charge in [0.25, 0.3) is 0 Å². The minimum absolute atomic E-state index is 0.432. The third-order valence-corrected chi connectivity index (χ3v) is 3.10. The van der Waals surface area contributed by atoms with Crippen LogP contribution < -0.4 is 11.1 Å². The normalized spacial score (nSPS) is 40.8. The zero-order chi connectivity index (χ0) is 9.10. The Hall–Kier alpha value is -0.120. The summed E-state index contributed by atoms with van der Waals surface area (Å²) in [5.41, 5.74) is 5.86. The van der Waals surface area contributed by atoms with E-state index < -0.39 is 0 Å². The van der Waals surface area contributed by atoms with Crippen molar-refractivity contribution in [2.24, 2.45) is 5.73 Å². The van der Waals surface area contributed by atoms with Crippen molar-refractivity contribution in [1.29, 1.82) is 0 Å². The molecule has 3 heteroatoms. The second-order valence-corrected chi connectivity index (χ2v) is 4.35. The Kier molecular flexibility index (Phi) is 3.19. The minimum Gasteiger partial charge on any atom is -0.380 e. The lowest BCUT2D eigenvalue weighted by atomic mass is 10.1. The first-order chi connectivity index (χ1) is 6.34. The van der Waals surface area contributed by atoms with Crippen molar-refractivity contribution in [2.75, 3.05) is 13.2 Å². The number of nitrogens with one attached hydrogen (secondary N) is 1. The molecule has 1 saturated carbocycles. The summed E-state index contributed by atoms with van der Waals surface area (Å²) < 4.78 is 5.43. The molecule has 76 valence electrons. The molecule has 0 aromatic heterocycles. The molecule has 0 spiro atoms. The van der Waals surface area contributed by atoms with Crippen LogP contribution in [0, 0.1) is 0 Å². The Morgan fingerprint density at radius 1 is 1.15 bits per heavy atom. The van der Waals surface area contributed by atoms with Crippen LogP contribution in [-0.2, 0) is 4.74 Å². The predicted octanol–water partition coefficient (Wildman–Crippen LogP) is 0.635. The second kappa shape index (κ2) is 4.40. The summed E-state index contributed by atoms with van der Waals surface area (Å²) in [5.74, 6) is 0. The summed E-state index contributed by atoms with van der Waals surface area (Å²) in [6.07, 6.45) is 6.06. The van der Waals surface area contributed by atoms with E-state index >= 15 is 0 Å². The van der Waals surface area contributed by atoms with Gasteiger partial charge in [-0.3, -0.25) is 0 Å². The maximum atomic E-state index is 5.86. The lowest BCUT2D eigenvalue weighted by molar-refractivity contribution is 0.0665. The van der Waals surface area contributed by atoms with Crippen molar-refractivity contribution in [2.45, 2.75) is 50.2 Å². The third-order valence-electron chi connectivity index (χ3n) is 3.10. The fraction of sp³-hybridized carbons (Fsp3) is 1.00. The van der Waals surface area contributed by atoms with E-state index in [9.17, 15) is 0 Å². The van der Waals surface area contributed by atoms with Gasteiger partial charge in [0.1, 0.15) is 0 Å². The van der Waals surface area contributed by atoms with Gasteiger partial charge in [0.15, 0.2) is 0 Å². The van der Waals surface area contributed by atoms with Crippen LogP contribution in [0.4, 0.5) is 0 Å². The number of rotatable bonds is 2. The van der Waals surface area contributed by atoms with Gasteiger partial charge in [0.05, 0.1) is 6.61 Å². The van der Waals surface area contributed by atoms with Crippen LogP contribution in [0.3, 0.4) is 0 Å². The van der Waals surface area contributed by atoms with Gasteiger partial charge < -0.3 is 15.8 Å². The molecule has 0 aromatic carbocycles. The minimum atomic E-state index is 0.432. The van der Waals surface area contributed by atoms with E-state index in [0.717, 1.165) is 19.6 Å². The van der Waals surface area contributed by atoms with Crippen LogP contribution in [0.15, 0.2) is 0 Å². The molecule has 2 aliphatic rings. The maximum Gasteiger partial charge on any atom is 0.0619 e. The highest BCUT2D eigenvalue weighted by atomic mass is 16.5. The molecule has 0 radical (unpaired) electrons. The average Bonchev–Trinajstić information content (AvgIpc) is 2.53. The zero-order valence-electron chi connectivity index (χ0n) is 8.17. The molecule has 2 rings (SSSR count). The van der Waals surface area contributed by atoms with Crippen LogP contribution in [0.25, 0.3) is 0 Å². The first-order valence-electron chi connectivity index (χ1n) is 5.44. The van der Waals surface area contributed by atoms with Gasteiger partial charge in [-0.2, -0.15) is 0 Å². The molecule has 3 N–H and O–H groups in total. The van der Waals surface area contributed by atoms with E-state index in [0.29, 0.717) is 18.1 Å². The molecule has 1 aliphatic heterocycles. The second-order valence-electron chi connectivity index (χ2n) is 4.35. The van der Waals surface area contributed by atoms with Gasteiger partial charge in [-0.15, -0.1) is 0 Å². The van der Waals surface area contributed by atoms with Crippen molar-refractivity contribution in [3.8, 4) is 0 Å². The topological polar surface area (TPSA) is 47.3 Å². The molecule has 3 unspecified atom stereocenters. The summed E-state index contributed by atoms with van der Waals surface area (Å²) in [7, 11) is 0. The highest BCUT2D eigenvalue weighted by molar-refractivity contribution is 4.85. The molecular weight excluding hydrogens is 164 g/mol. The molecular formula is C10H20N2O. The lowest BCUT2D eigenvalue weighted by Crippen LogP contribution is -2.42. The van der Waals surface area contributed by atoms with Crippen LogP contribution in [0.2, 0.25) is 0 Å². The maximum absolute atomic E-state index is 5.86. The predicted molar refractivity (Wildman–Crippen MR) is 52.6 cm³/mol. The van der Waals surface area contributed by atoms with Crippen LogP contribution >= 0.6 is 0 Å². The Morgan fingerprint density at radius 3 is 2.69 bits per heavy atom. The van der Waals surface area contributed by atoms with E-state index in [-0.39, 0.29) is 0 Å². The van der Waals surface area contributed by atoms with E-state index in [1.165, 1.54) is 25.7 Å². The van der Waals surface area contributed by atoms with Crippen molar-refractivity contribution < 1.29 is 4.74 Å². The van der Waals surface area contributed by atoms with Gasteiger partial charge in [-0.1, -0.05) is 0 Å². The largest absolute Gasteiger partial charge is 0.380 e. The monoisotopic (exact) mass is 184 g/mol. The summed E-state index contributed by atoms with van der Waals surface area (Å²) >= 11 is 0. The molecule has 3 nitrogen and oxygen atoms in total. The summed E-state index contributed by atoms with van der Waals surface area (Å²) in [6, 6.07) is 1.67. The summed E-state index contributed by atoms with van der Waals surface area (Å²) in [5, 5.41) is 3.64. The van der Waals surface area contributed by atoms with Crippen molar-refractivity contribution in [3.63, 3.8) is 0 Å². The van der Waals surface area contributed by atoms with E-state index in [1.807, 2.05) is 0 Å². The summed E-state index contributed by atoms with van der Waals surface area (Å²) in [6.45, 7) is 1.84. The smallest absolute Gasteiger partial charge is 0.0619 e. The molecule has 2 fully saturated rings. The average molecular weight is 184 g/mol. The molecule has 1 heterocycles. The van der Waals surface area contributed by atoms with Gasteiger partial charge in [-0.05, 0) is 32.1 Å². The molecule has 1 saturated heterocycles. The fourth-order valence-electron chi connectivity index (χ4n) is 2.37. The van der Waals surface area contributed by atoms with E-state index in [2.05, 4.69) is 5.32 Å². The quantitative estimate of drug-likeness (QED) is 0.662. The standard InChI is InChI=1S/C10H20N2O/c11-8-3-4-9(6-8)12-10-2-1-5-13-7-10/h8-10,12H,1-7,11H2. The Labute approximate surface area is 80.0 Å². The molecule has 0 amide bonds. The SMILES string of the molecule is NC1CCC(NC2CCCOC2)C1. The highest BCUT2D eigenvalue weighted by Crippen LogP contribution is 2.19. The number of nitrogens with two attached hydrogens (primary N) is 1. The number of ether oxygens (including phenoxy) is 1. The fourth-order valence-corrected chi connectivity index (χ4v) is 2.37. The van der Waals surface area contributed by atoms with Crippen LogP contribution in [0.1, 0.15) is 32.1 Å². The van der Waals surface area contributed by atoms with Crippen LogP contribution in [0.5, 0.6) is 0 Å². The van der Waals surface area contributed by atoms with Crippen molar-refractivity contribution in [1.82, 2.24) is 5.32 Å². The molecule has 1 aliphatic carbocycles. The van der Waals surface area contributed by atoms with Gasteiger partial charge in [0, 0.05) is 24.7 Å². The van der Waals surface area contributed by atoms with Gasteiger partial charge >= 0.3 is 0 Å². The van der Waals surface area contributed by atoms with Crippen LogP contribution in [-0.4, -0.2) is 31.3 Å². The number of hydrogen-bond donors (Lipinski definition) is 2. The Morgan fingerprint density at radius 2 is 2.08 bits per heavy atom. The van der Waals surface area contributed by atoms with E-state index in [4.69, 9.17) is 10.5 Å². The Bertz CT molecular complexity index is 154. The molecule has 0 bridgehead atoms. The van der Waals surface area contributed by atoms with Crippen molar-refractivity contribution >= 4 is 0 Å². The first kappa shape index (κ1) is 9.44. The third kappa shape index (κ3) is 2.66.